The molecule has 1 aromatic rings. The Morgan fingerprint density at radius 1 is 1.42 bits per heavy atom. The number of nitro benzene ring substituents is 1. The number of benzene rings is 1. The number of amides is 2. The largest absolute Gasteiger partial charge is 0.354 e. The van der Waals surface area contributed by atoms with Crippen molar-refractivity contribution >= 4 is 29.3 Å². The van der Waals surface area contributed by atoms with Crippen molar-refractivity contribution in [2.75, 3.05) is 12.3 Å². The smallest absolute Gasteiger partial charge is 0.283 e. The summed E-state index contributed by atoms with van der Waals surface area (Å²) in [7, 11) is 0. The number of nitrogens with zero attached hydrogens (tertiary/aromatic N) is 1. The molecule has 2 N–H and O–H groups in total. The molecule has 1 fully saturated rings. The highest BCUT2D eigenvalue weighted by molar-refractivity contribution is 7.99. The van der Waals surface area contributed by atoms with Gasteiger partial charge in [-0.25, -0.2) is 0 Å². The van der Waals surface area contributed by atoms with Gasteiger partial charge in [-0.1, -0.05) is 13.8 Å². The van der Waals surface area contributed by atoms with Gasteiger partial charge in [0.05, 0.1) is 9.82 Å². The molecule has 7 nitrogen and oxygen atoms in total. The van der Waals surface area contributed by atoms with Crippen LogP contribution >= 0.6 is 11.8 Å². The Balaban J connectivity index is 2.10. The molecular weight excluding hydrogens is 354 g/mol. The van der Waals surface area contributed by atoms with E-state index in [-0.39, 0.29) is 17.2 Å². The standard InChI is InChI=1S/C18H25N3O4S/c1-12(2)8-10-26-16-7-6-13(11-15(16)21(24)25)17(22)20-14-5-3-4-9-19-18(14)23/h6-7,11-12,14H,3-5,8-10H2,1-2H3,(H,19,23)(H,20,22). The fourth-order valence-corrected chi connectivity index (χ4v) is 3.90. The second kappa shape index (κ2) is 9.56. The predicted molar refractivity (Wildman–Crippen MR) is 101 cm³/mol. The van der Waals surface area contributed by atoms with Gasteiger partial charge in [0.25, 0.3) is 11.6 Å². The Bertz CT molecular complexity index is 678. The van der Waals surface area contributed by atoms with Crippen LogP contribution in [-0.4, -0.2) is 35.1 Å². The van der Waals surface area contributed by atoms with E-state index >= 15 is 0 Å². The zero-order valence-corrected chi connectivity index (χ0v) is 15.9. The maximum atomic E-state index is 12.4. The molecule has 0 spiro atoms. The molecule has 1 aromatic carbocycles. The molecule has 2 rings (SSSR count). The van der Waals surface area contributed by atoms with E-state index in [2.05, 4.69) is 24.5 Å². The predicted octanol–water partition coefficient (Wildman–Crippen LogP) is 3.13. The molecule has 0 aliphatic carbocycles. The van der Waals surface area contributed by atoms with Gasteiger partial charge in [-0.05, 0) is 49.5 Å². The van der Waals surface area contributed by atoms with Crippen molar-refractivity contribution < 1.29 is 14.5 Å². The maximum absolute atomic E-state index is 12.4. The monoisotopic (exact) mass is 379 g/mol. The number of carbonyl (C=O) groups is 2. The van der Waals surface area contributed by atoms with Crippen molar-refractivity contribution in [1.29, 1.82) is 0 Å². The number of hydrogen-bond acceptors (Lipinski definition) is 5. The lowest BCUT2D eigenvalue weighted by Crippen LogP contribution is -2.45. The summed E-state index contributed by atoms with van der Waals surface area (Å²) in [6.07, 6.45) is 3.25. The van der Waals surface area contributed by atoms with Crippen LogP contribution in [0, 0.1) is 16.0 Å². The first-order valence-corrected chi connectivity index (χ1v) is 9.87. The van der Waals surface area contributed by atoms with Gasteiger partial charge in [-0.15, -0.1) is 11.8 Å². The highest BCUT2D eigenvalue weighted by Gasteiger charge is 2.24. The maximum Gasteiger partial charge on any atom is 0.283 e. The summed E-state index contributed by atoms with van der Waals surface area (Å²) in [5.41, 5.74) is 0.124. The van der Waals surface area contributed by atoms with Gasteiger partial charge in [0.1, 0.15) is 6.04 Å². The lowest BCUT2D eigenvalue weighted by molar-refractivity contribution is -0.387. The second-order valence-electron chi connectivity index (χ2n) is 6.78. The number of thioether (sulfide) groups is 1. The van der Waals surface area contributed by atoms with Crippen molar-refractivity contribution in [3.63, 3.8) is 0 Å². The normalized spacial score (nSPS) is 17.5. The van der Waals surface area contributed by atoms with Crippen LogP contribution in [0.15, 0.2) is 23.1 Å². The first-order chi connectivity index (χ1) is 12.4. The molecule has 0 radical (unpaired) electrons. The van der Waals surface area contributed by atoms with Gasteiger partial charge >= 0.3 is 0 Å². The van der Waals surface area contributed by atoms with E-state index in [1.807, 2.05) is 0 Å². The van der Waals surface area contributed by atoms with Crippen LogP contribution in [0.5, 0.6) is 0 Å². The first-order valence-electron chi connectivity index (χ1n) is 8.88. The van der Waals surface area contributed by atoms with Crippen molar-refractivity contribution in [2.45, 2.75) is 50.5 Å². The summed E-state index contributed by atoms with van der Waals surface area (Å²) in [5.74, 6) is 0.643. The third-order valence-corrected chi connectivity index (χ3v) is 5.31. The number of carbonyl (C=O) groups excluding carboxylic acids is 2. The third kappa shape index (κ3) is 5.72. The van der Waals surface area contributed by atoms with E-state index in [9.17, 15) is 19.7 Å². The number of nitrogens with one attached hydrogen (secondary N) is 2. The minimum absolute atomic E-state index is 0.0725. The Labute approximate surface area is 157 Å². The van der Waals surface area contributed by atoms with Gasteiger partial charge in [-0.3, -0.25) is 19.7 Å². The quantitative estimate of drug-likeness (QED) is 0.430. The Kier molecular flexibility index (Phi) is 7.44. The number of rotatable bonds is 7. The molecular formula is C18H25N3O4S. The molecule has 1 atom stereocenters. The van der Waals surface area contributed by atoms with Gasteiger partial charge in [0.2, 0.25) is 5.91 Å². The fourth-order valence-electron chi connectivity index (χ4n) is 2.65. The molecule has 26 heavy (non-hydrogen) atoms. The Morgan fingerprint density at radius 3 is 2.88 bits per heavy atom. The van der Waals surface area contributed by atoms with Gasteiger partial charge in [0, 0.05) is 18.2 Å². The molecule has 1 aliphatic rings. The average Bonchev–Trinajstić information content (AvgIpc) is 2.79. The zero-order valence-electron chi connectivity index (χ0n) is 15.1. The van der Waals surface area contributed by atoms with Crippen LogP contribution in [0.4, 0.5) is 5.69 Å². The topological polar surface area (TPSA) is 101 Å². The summed E-state index contributed by atoms with van der Waals surface area (Å²) < 4.78 is 0. The molecule has 0 saturated carbocycles. The summed E-state index contributed by atoms with van der Waals surface area (Å²) in [6, 6.07) is 3.89. The zero-order chi connectivity index (χ0) is 19.1. The van der Waals surface area contributed by atoms with Gasteiger partial charge in [-0.2, -0.15) is 0 Å². The molecule has 1 unspecified atom stereocenters. The lowest BCUT2D eigenvalue weighted by Gasteiger charge is -2.15. The van der Waals surface area contributed by atoms with Crippen LogP contribution in [0.1, 0.15) is 49.9 Å². The van der Waals surface area contributed by atoms with Crippen molar-refractivity contribution in [1.82, 2.24) is 10.6 Å². The van der Waals surface area contributed by atoms with E-state index in [1.165, 1.54) is 17.8 Å². The molecule has 1 aliphatic heterocycles. The minimum atomic E-state index is -0.593. The fraction of sp³-hybridized carbons (Fsp3) is 0.556. The summed E-state index contributed by atoms with van der Waals surface area (Å²) in [6.45, 7) is 4.82. The average molecular weight is 379 g/mol. The molecule has 0 bridgehead atoms. The van der Waals surface area contributed by atoms with Crippen molar-refractivity contribution in [2.24, 2.45) is 5.92 Å². The van der Waals surface area contributed by atoms with E-state index < -0.39 is 16.9 Å². The highest BCUT2D eigenvalue weighted by atomic mass is 32.2. The SMILES string of the molecule is CC(C)CCSc1ccc(C(=O)NC2CCCCNC2=O)cc1[N+](=O)[O-]. The summed E-state index contributed by atoms with van der Waals surface area (Å²) in [5, 5.41) is 16.8. The van der Waals surface area contributed by atoms with E-state index in [4.69, 9.17) is 0 Å². The van der Waals surface area contributed by atoms with Crippen LogP contribution in [0.2, 0.25) is 0 Å². The lowest BCUT2D eigenvalue weighted by atomic mass is 10.1. The van der Waals surface area contributed by atoms with Gasteiger partial charge in [0.15, 0.2) is 0 Å². The minimum Gasteiger partial charge on any atom is -0.354 e. The van der Waals surface area contributed by atoms with Crippen molar-refractivity contribution in [3.05, 3.63) is 33.9 Å². The summed E-state index contributed by atoms with van der Waals surface area (Å²) in [4.78, 5) is 35.9. The number of hydrogen-bond donors (Lipinski definition) is 2. The van der Waals surface area contributed by atoms with Gasteiger partial charge < -0.3 is 10.6 Å². The van der Waals surface area contributed by atoms with Crippen LogP contribution in [0.25, 0.3) is 0 Å². The molecule has 2 amide bonds. The second-order valence-corrected chi connectivity index (χ2v) is 7.92. The molecule has 142 valence electrons. The highest BCUT2D eigenvalue weighted by Crippen LogP contribution is 2.31. The first kappa shape index (κ1) is 20.2. The van der Waals surface area contributed by atoms with E-state index in [0.717, 1.165) is 25.0 Å². The molecule has 0 aromatic heterocycles. The van der Waals surface area contributed by atoms with Crippen molar-refractivity contribution in [3.8, 4) is 0 Å². The van der Waals surface area contributed by atoms with Crippen LogP contribution in [0.3, 0.4) is 0 Å². The van der Waals surface area contributed by atoms with E-state index in [1.54, 1.807) is 12.1 Å². The molecule has 1 heterocycles. The third-order valence-electron chi connectivity index (χ3n) is 4.21. The van der Waals surface area contributed by atoms with Crippen LogP contribution in [-0.2, 0) is 4.79 Å². The Morgan fingerprint density at radius 2 is 2.19 bits per heavy atom. The summed E-state index contributed by atoms with van der Waals surface area (Å²) >= 11 is 1.43. The molecule has 8 heteroatoms. The number of nitro groups is 1. The Hall–Kier alpha value is -2.09. The van der Waals surface area contributed by atoms with Crippen LogP contribution < -0.4 is 10.6 Å². The molecule has 1 saturated heterocycles. The van der Waals surface area contributed by atoms with E-state index in [0.29, 0.717) is 23.8 Å².